The van der Waals surface area contributed by atoms with Crippen molar-refractivity contribution in [2.75, 3.05) is 7.05 Å². The second-order valence-electron chi connectivity index (χ2n) is 3.00. The highest BCUT2D eigenvalue weighted by Crippen LogP contribution is 2.22. The van der Waals surface area contributed by atoms with Gasteiger partial charge in [0, 0.05) is 11.6 Å². The third-order valence-corrected chi connectivity index (χ3v) is 2.52. The van der Waals surface area contributed by atoms with Crippen LogP contribution in [0.4, 0.5) is 0 Å². The Bertz CT molecular complexity index is 281. The van der Waals surface area contributed by atoms with Crippen LogP contribution in [0.5, 0.6) is 0 Å². The van der Waals surface area contributed by atoms with Gasteiger partial charge in [-0.25, -0.2) is 0 Å². The van der Waals surface area contributed by atoms with Gasteiger partial charge in [0.1, 0.15) is 0 Å². The number of hydrogen-bond donors (Lipinski definition) is 1. The minimum Gasteiger partial charge on any atom is -0.316 e. The molecule has 1 N–H and O–H groups in total. The molecule has 0 spiro atoms. The maximum atomic E-state index is 6.04. The number of hydrogen-bond acceptors (Lipinski definition) is 1. The third kappa shape index (κ3) is 1.79. The summed E-state index contributed by atoms with van der Waals surface area (Å²) in [6.45, 7) is 5.05. The molecular weight excluding hydrogens is 170 g/mol. The number of aryl methyl sites for hydroxylation is 1. The molecular formula is C10H14ClN. The zero-order valence-electron chi connectivity index (χ0n) is 7.74. The Kier molecular flexibility index (Phi) is 3.12. The lowest BCUT2D eigenvalue weighted by Gasteiger charge is -2.09. The maximum Gasteiger partial charge on any atom is 0.0453 e. The molecule has 0 amide bonds. The molecule has 1 aromatic carbocycles. The lowest BCUT2D eigenvalue weighted by molar-refractivity contribution is 0.811. The molecule has 12 heavy (non-hydrogen) atoms. The maximum absolute atomic E-state index is 6.04. The molecule has 0 aliphatic heterocycles. The normalized spacial score (nSPS) is 10.3. The topological polar surface area (TPSA) is 12.0 Å². The Morgan fingerprint density at radius 2 is 2.00 bits per heavy atom. The van der Waals surface area contributed by atoms with Crippen LogP contribution in [0.2, 0.25) is 5.02 Å². The number of halogens is 1. The van der Waals surface area contributed by atoms with Crippen molar-refractivity contribution in [3.05, 3.63) is 33.8 Å². The molecule has 1 aromatic rings. The summed E-state index contributed by atoms with van der Waals surface area (Å²) in [6.07, 6.45) is 0. The number of nitrogens with one attached hydrogen (secondary N) is 1. The highest BCUT2D eigenvalue weighted by atomic mass is 35.5. The monoisotopic (exact) mass is 183 g/mol. The molecule has 0 aliphatic rings. The van der Waals surface area contributed by atoms with E-state index in [9.17, 15) is 0 Å². The van der Waals surface area contributed by atoms with Gasteiger partial charge in [0.2, 0.25) is 0 Å². The zero-order valence-corrected chi connectivity index (χ0v) is 8.50. The molecule has 1 nitrogen and oxygen atoms in total. The second kappa shape index (κ2) is 3.92. The van der Waals surface area contributed by atoms with Crippen molar-refractivity contribution in [1.29, 1.82) is 0 Å². The van der Waals surface area contributed by atoms with Gasteiger partial charge in [-0.2, -0.15) is 0 Å². The quantitative estimate of drug-likeness (QED) is 0.744. The lowest BCUT2D eigenvalue weighted by atomic mass is 10.0. The molecule has 0 saturated carbocycles. The number of rotatable bonds is 2. The Labute approximate surface area is 78.7 Å². The molecule has 0 aliphatic carbocycles. The van der Waals surface area contributed by atoms with Crippen molar-refractivity contribution >= 4 is 11.6 Å². The van der Waals surface area contributed by atoms with Crippen LogP contribution in [0.15, 0.2) is 12.1 Å². The third-order valence-electron chi connectivity index (χ3n) is 2.17. The van der Waals surface area contributed by atoms with Crippen LogP contribution in [-0.2, 0) is 6.54 Å². The fraction of sp³-hybridized carbons (Fsp3) is 0.400. The van der Waals surface area contributed by atoms with Crippen LogP contribution in [0, 0.1) is 13.8 Å². The summed E-state index contributed by atoms with van der Waals surface area (Å²) in [5, 5.41) is 3.96. The SMILES string of the molecule is CNCc1c(Cl)ccc(C)c1C. The first-order valence-corrected chi connectivity index (χ1v) is 4.43. The average molecular weight is 184 g/mol. The van der Waals surface area contributed by atoms with E-state index < -0.39 is 0 Å². The molecule has 0 bridgehead atoms. The van der Waals surface area contributed by atoms with Gasteiger partial charge in [-0.05, 0) is 43.7 Å². The number of benzene rings is 1. The van der Waals surface area contributed by atoms with Crippen molar-refractivity contribution < 1.29 is 0 Å². The van der Waals surface area contributed by atoms with Crippen LogP contribution < -0.4 is 5.32 Å². The van der Waals surface area contributed by atoms with E-state index in [1.54, 1.807) is 0 Å². The van der Waals surface area contributed by atoms with Crippen molar-refractivity contribution in [1.82, 2.24) is 5.32 Å². The van der Waals surface area contributed by atoms with E-state index in [-0.39, 0.29) is 0 Å². The summed E-state index contributed by atoms with van der Waals surface area (Å²) in [7, 11) is 1.93. The second-order valence-corrected chi connectivity index (χ2v) is 3.41. The van der Waals surface area contributed by atoms with Crippen LogP contribution in [-0.4, -0.2) is 7.05 Å². The first-order valence-electron chi connectivity index (χ1n) is 4.06. The van der Waals surface area contributed by atoms with Gasteiger partial charge in [0.25, 0.3) is 0 Å². The van der Waals surface area contributed by atoms with Gasteiger partial charge >= 0.3 is 0 Å². The minimum atomic E-state index is 0.840. The molecule has 1 rings (SSSR count). The highest BCUT2D eigenvalue weighted by Gasteiger charge is 2.04. The van der Waals surface area contributed by atoms with Gasteiger partial charge in [-0.3, -0.25) is 0 Å². The fourth-order valence-electron chi connectivity index (χ4n) is 1.23. The van der Waals surface area contributed by atoms with Crippen molar-refractivity contribution in [3.8, 4) is 0 Å². The van der Waals surface area contributed by atoms with Crippen LogP contribution in [0.25, 0.3) is 0 Å². The molecule has 0 unspecified atom stereocenters. The van der Waals surface area contributed by atoms with Gasteiger partial charge < -0.3 is 5.32 Å². The van der Waals surface area contributed by atoms with Gasteiger partial charge in [0.15, 0.2) is 0 Å². The lowest BCUT2D eigenvalue weighted by Crippen LogP contribution is -2.07. The van der Waals surface area contributed by atoms with E-state index in [0.717, 1.165) is 11.6 Å². The molecule has 0 aromatic heterocycles. The Balaban J connectivity index is 3.14. The molecule has 0 fully saturated rings. The first kappa shape index (κ1) is 9.56. The summed E-state index contributed by atoms with van der Waals surface area (Å²) in [6, 6.07) is 4.01. The summed E-state index contributed by atoms with van der Waals surface area (Å²) < 4.78 is 0. The van der Waals surface area contributed by atoms with Crippen molar-refractivity contribution in [2.24, 2.45) is 0 Å². The van der Waals surface area contributed by atoms with E-state index in [0.29, 0.717) is 0 Å². The summed E-state index contributed by atoms with van der Waals surface area (Å²) in [4.78, 5) is 0. The van der Waals surface area contributed by atoms with E-state index in [4.69, 9.17) is 11.6 Å². The van der Waals surface area contributed by atoms with Gasteiger partial charge in [-0.15, -0.1) is 0 Å². The Morgan fingerprint density at radius 3 is 2.58 bits per heavy atom. The molecule has 2 heteroatoms. The summed E-state index contributed by atoms with van der Waals surface area (Å²) >= 11 is 6.04. The van der Waals surface area contributed by atoms with Crippen molar-refractivity contribution in [3.63, 3.8) is 0 Å². The predicted octanol–water partition coefficient (Wildman–Crippen LogP) is 2.68. The van der Waals surface area contributed by atoms with Crippen molar-refractivity contribution in [2.45, 2.75) is 20.4 Å². The van der Waals surface area contributed by atoms with E-state index in [1.165, 1.54) is 16.7 Å². The van der Waals surface area contributed by atoms with Gasteiger partial charge in [0.05, 0.1) is 0 Å². The first-order chi connectivity index (χ1) is 5.66. The predicted molar refractivity (Wildman–Crippen MR) is 53.7 cm³/mol. The standard InChI is InChI=1S/C10H14ClN/c1-7-4-5-10(11)9(6-12-3)8(7)2/h4-5,12H,6H2,1-3H3. The minimum absolute atomic E-state index is 0.840. The van der Waals surface area contributed by atoms with E-state index in [2.05, 4.69) is 25.2 Å². The largest absolute Gasteiger partial charge is 0.316 e. The van der Waals surface area contributed by atoms with E-state index in [1.807, 2.05) is 13.1 Å². The summed E-state index contributed by atoms with van der Waals surface area (Å²) in [5.41, 5.74) is 3.79. The van der Waals surface area contributed by atoms with Gasteiger partial charge in [-0.1, -0.05) is 17.7 Å². The average Bonchev–Trinajstić information content (AvgIpc) is 2.06. The van der Waals surface area contributed by atoms with Crippen LogP contribution in [0.3, 0.4) is 0 Å². The Hall–Kier alpha value is -0.530. The molecule has 0 heterocycles. The summed E-state index contributed by atoms with van der Waals surface area (Å²) in [5.74, 6) is 0. The molecule has 66 valence electrons. The Morgan fingerprint density at radius 1 is 1.33 bits per heavy atom. The molecule has 0 saturated heterocycles. The smallest absolute Gasteiger partial charge is 0.0453 e. The zero-order chi connectivity index (χ0) is 9.14. The fourth-order valence-corrected chi connectivity index (χ4v) is 1.51. The van der Waals surface area contributed by atoms with Crippen LogP contribution >= 0.6 is 11.6 Å². The molecule has 0 radical (unpaired) electrons. The molecule has 0 atom stereocenters. The van der Waals surface area contributed by atoms with E-state index >= 15 is 0 Å². The highest BCUT2D eigenvalue weighted by molar-refractivity contribution is 6.31. The van der Waals surface area contributed by atoms with Crippen LogP contribution in [0.1, 0.15) is 16.7 Å².